The summed E-state index contributed by atoms with van der Waals surface area (Å²) in [6, 6.07) is 7.61. The number of β-amino-alcohol motifs (C(OH)–C–C–N with tert-alkyl or cyclic N) is 1. The van der Waals surface area contributed by atoms with Crippen LogP contribution in [0.5, 0.6) is 0 Å². The second-order valence-corrected chi connectivity index (χ2v) is 9.23. The number of hydrogen-bond acceptors (Lipinski definition) is 5. The van der Waals surface area contributed by atoms with Crippen LogP contribution in [0, 0.1) is 5.82 Å². The standard InChI is InChI=1S/C24H24ClFN4O5/c25-15-3-6-30-20(11-17-13-29(24(33)34)7-8-35-17)22(27-21(30)10-15)18-2-1-14(9-19(18)26)23(32)28-5-4-16(31)12-28/h1-3,6,9-10,16-17,31H,4-5,7-8,11-13H2,(H,33,34)/t16-,17-/m0/s1. The molecule has 2 aromatic heterocycles. The highest BCUT2D eigenvalue weighted by Gasteiger charge is 2.29. The number of halogens is 2. The molecule has 2 atom stereocenters. The van der Waals surface area contributed by atoms with E-state index in [4.69, 9.17) is 16.3 Å². The molecule has 35 heavy (non-hydrogen) atoms. The maximum atomic E-state index is 15.4. The van der Waals surface area contributed by atoms with E-state index in [0.717, 1.165) is 0 Å². The van der Waals surface area contributed by atoms with Gasteiger partial charge in [-0.15, -0.1) is 0 Å². The van der Waals surface area contributed by atoms with Crippen molar-refractivity contribution in [3.63, 3.8) is 0 Å². The summed E-state index contributed by atoms with van der Waals surface area (Å²) in [5.74, 6) is -0.943. The third-order valence-electron chi connectivity index (χ3n) is 6.44. The Labute approximate surface area is 205 Å². The Bertz CT molecular complexity index is 1300. The van der Waals surface area contributed by atoms with Crippen LogP contribution in [-0.4, -0.2) is 86.4 Å². The number of aromatic nitrogens is 2. The first-order chi connectivity index (χ1) is 16.8. The van der Waals surface area contributed by atoms with Crippen LogP contribution >= 0.6 is 11.6 Å². The summed E-state index contributed by atoms with van der Waals surface area (Å²) in [6.07, 6.45) is 0.528. The van der Waals surface area contributed by atoms with Gasteiger partial charge in [-0.2, -0.15) is 0 Å². The summed E-state index contributed by atoms with van der Waals surface area (Å²) in [5, 5.41) is 19.5. The van der Waals surface area contributed by atoms with Crippen molar-refractivity contribution in [1.29, 1.82) is 0 Å². The Morgan fingerprint density at radius 2 is 2.00 bits per heavy atom. The zero-order valence-electron chi connectivity index (χ0n) is 18.7. The summed E-state index contributed by atoms with van der Waals surface area (Å²) in [4.78, 5) is 31.6. The maximum Gasteiger partial charge on any atom is 0.407 e. The van der Waals surface area contributed by atoms with Crippen LogP contribution < -0.4 is 0 Å². The van der Waals surface area contributed by atoms with E-state index in [1.807, 2.05) is 0 Å². The lowest BCUT2D eigenvalue weighted by Crippen LogP contribution is -2.45. The molecule has 0 aliphatic carbocycles. The molecular weight excluding hydrogens is 479 g/mol. The number of carbonyl (C=O) groups excluding carboxylic acids is 1. The maximum absolute atomic E-state index is 15.4. The Balaban J connectivity index is 1.50. The number of nitrogens with zero attached hydrogens (tertiary/aromatic N) is 4. The molecule has 2 fully saturated rings. The van der Waals surface area contributed by atoms with Crippen LogP contribution in [-0.2, 0) is 11.2 Å². The van der Waals surface area contributed by atoms with Gasteiger partial charge in [0.2, 0.25) is 0 Å². The minimum atomic E-state index is -1.01. The second-order valence-electron chi connectivity index (χ2n) is 8.79. The Morgan fingerprint density at radius 1 is 1.17 bits per heavy atom. The molecule has 4 heterocycles. The number of carbonyl (C=O) groups is 2. The van der Waals surface area contributed by atoms with Crippen molar-refractivity contribution < 1.29 is 28.9 Å². The molecule has 3 aromatic rings. The fourth-order valence-corrected chi connectivity index (χ4v) is 4.82. The van der Waals surface area contributed by atoms with Crippen molar-refractivity contribution >= 4 is 29.2 Å². The van der Waals surface area contributed by atoms with E-state index in [2.05, 4.69) is 4.98 Å². The summed E-state index contributed by atoms with van der Waals surface area (Å²) in [7, 11) is 0. The number of rotatable bonds is 4. The summed E-state index contributed by atoms with van der Waals surface area (Å²) < 4.78 is 23.0. The zero-order valence-corrected chi connectivity index (χ0v) is 19.5. The normalized spacial score (nSPS) is 20.5. The van der Waals surface area contributed by atoms with E-state index in [-0.39, 0.29) is 36.7 Å². The van der Waals surface area contributed by atoms with Gasteiger partial charge in [0.05, 0.1) is 36.7 Å². The van der Waals surface area contributed by atoms with Crippen LogP contribution in [0.25, 0.3) is 16.9 Å². The van der Waals surface area contributed by atoms with E-state index in [1.165, 1.54) is 21.9 Å². The number of amides is 2. The van der Waals surface area contributed by atoms with Gasteiger partial charge in [-0.3, -0.25) is 4.79 Å². The molecule has 2 N–H and O–H groups in total. The Kier molecular flexibility index (Phi) is 6.35. The van der Waals surface area contributed by atoms with Crippen LogP contribution in [0.1, 0.15) is 22.5 Å². The van der Waals surface area contributed by atoms with Gasteiger partial charge in [0.15, 0.2) is 0 Å². The number of likely N-dealkylation sites (tertiary alicyclic amines) is 1. The Morgan fingerprint density at radius 3 is 2.71 bits per heavy atom. The van der Waals surface area contributed by atoms with Crippen LogP contribution in [0.4, 0.5) is 9.18 Å². The van der Waals surface area contributed by atoms with Crippen LogP contribution in [0.2, 0.25) is 5.02 Å². The van der Waals surface area contributed by atoms with E-state index < -0.39 is 24.1 Å². The molecule has 2 aliphatic heterocycles. The molecule has 184 valence electrons. The van der Waals surface area contributed by atoms with Gasteiger partial charge in [0.1, 0.15) is 11.5 Å². The van der Waals surface area contributed by atoms with Crippen molar-refractivity contribution in [2.75, 3.05) is 32.8 Å². The van der Waals surface area contributed by atoms with E-state index in [0.29, 0.717) is 48.0 Å². The number of benzene rings is 1. The van der Waals surface area contributed by atoms with Gasteiger partial charge in [-0.05, 0) is 30.7 Å². The number of aliphatic hydroxyl groups excluding tert-OH is 1. The van der Waals surface area contributed by atoms with Crippen molar-refractivity contribution in [3.05, 3.63) is 58.6 Å². The summed E-state index contributed by atoms with van der Waals surface area (Å²) in [6.45, 7) is 1.40. The second kappa shape index (κ2) is 9.44. The molecule has 0 bridgehead atoms. The molecule has 0 saturated carbocycles. The molecule has 11 heteroatoms. The minimum absolute atomic E-state index is 0.188. The SMILES string of the molecule is O=C(O)N1CCO[C@@H](Cc2c(-c3ccc(C(=O)N4CC[C@H](O)C4)cc3F)nc3cc(Cl)ccn23)C1. The van der Waals surface area contributed by atoms with Crippen LogP contribution in [0.3, 0.4) is 0 Å². The number of ether oxygens (including phenoxy) is 1. The molecule has 0 radical (unpaired) electrons. The fraction of sp³-hybridized carbons (Fsp3) is 0.375. The number of fused-ring (bicyclic) bond motifs is 1. The molecule has 2 amide bonds. The number of imidazole rings is 1. The van der Waals surface area contributed by atoms with Crippen molar-refractivity contribution in [1.82, 2.24) is 19.2 Å². The van der Waals surface area contributed by atoms with Gasteiger partial charge in [0.25, 0.3) is 5.91 Å². The predicted octanol–water partition coefficient (Wildman–Crippen LogP) is 2.92. The topological polar surface area (TPSA) is 108 Å². The number of aliphatic hydroxyl groups is 1. The molecule has 0 spiro atoms. The highest BCUT2D eigenvalue weighted by molar-refractivity contribution is 6.30. The summed E-state index contributed by atoms with van der Waals surface area (Å²) >= 11 is 6.15. The molecule has 1 aromatic carbocycles. The fourth-order valence-electron chi connectivity index (χ4n) is 4.66. The lowest BCUT2D eigenvalue weighted by Gasteiger charge is -2.31. The number of hydrogen-bond donors (Lipinski definition) is 2. The van der Waals surface area contributed by atoms with Gasteiger partial charge < -0.3 is 29.2 Å². The average molecular weight is 503 g/mol. The molecular formula is C24H24ClFN4O5. The number of morpholine rings is 1. The molecule has 2 aliphatic rings. The molecule has 2 saturated heterocycles. The lowest BCUT2D eigenvalue weighted by molar-refractivity contribution is -0.0214. The predicted molar refractivity (Wildman–Crippen MR) is 125 cm³/mol. The van der Waals surface area contributed by atoms with Gasteiger partial charge in [0, 0.05) is 54.5 Å². The molecule has 5 rings (SSSR count). The zero-order chi connectivity index (χ0) is 24.7. The lowest BCUT2D eigenvalue weighted by atomic mass is 10.0. The first-order valence-corrected chi connectivity index (χ1v) is 11.7. The van der Waals surface area contributed by atoms with Crippen LogP contribution in [0.15, 0.2) is 36.5 Å². The van der Waals surface area contributed by atoms with Gasteiger partial charge in [-0.25, -0.2) is 14.2 Å². The van der Waals surface area contributed by atoms with E-state index in [9.17, 15) is 19.8 Å². The van der Waals surface area contributed by atoms with Gasteiger partial charge in [-0.1, -0.05) is 11.6 Å². The van der Waals surface area contributed by atoms with E-state index in [1.54, 1.807) is 28.8 Å². The highest BCUT2D eigenvalue weighted by Crippen LogP contribution is 2.31. The van der Waals surface area contributed by atoms with E-state index >= 15 is 4.39 Å². The molecule has 0 unspecified atom stereocenters. The minimum Gasteiger partial charge on any atom is -0.465 e. The smallest absolute Gasteiger partial charge is 0.407 e. The highest BCUT2D eigenvalue weighted by atomic mass is 35.5. The quantitative estimate of drug-likeness (QED) is 0.568. The Hall–Kier alpha value is -3.21. The van der Waals surface area contributed by atoms with Gasteiger partial charge >= 0.3 is 6.09 Å². The van der Waals surface area contributed by atoms with Crippen molar-refractivity contribution in [3.8, 4) is 11.3 Å². The first kappa shape index (κ1) is 23.5. The van der Waals surface area contributed by atoms with Crippen molar-refractivity contribution in [2.45, 2.75) is 25.0 Å². The third-order valence-corrected chi connectivity index (χ3v) is 6.67. The molecule has 9 nitrogen and oxygen atoms in total. The average Bonchev–Trinajstić information content (AvgIpc) is 3.42. The third kappa shape index (κ3) is 4.69. The van der Waals surface area contributed by atoms with Crippen molar-refractivity contribution in [2.24, 2.45) is 0 Å². The number of carboxylic acid groups (broad SMARTS) is 1. The number of pyridine rings is 1. The first-order valence-electron chi connectivity index (χ1n) is 11.3. The monoisotopic (exact) mass is 502 g/mol. The summed E-state index contributed by atoms with van der Waals surface area (Å²) in [5.41, 5.74) is 1.94. The largest absolute Gasteiger partial charge is 0.465 e.